The first kappa shape index (κ1) is 11.7. The molecule has 3 nitrogen and oxygen atoms in total. The SMILES string of the molecule is C#CC(C)(CC=O)CC(=O)N(C)C. The third kappa shape index (κ3) is 3.75. The molecule has 3 heteroatoms. The number of terminal acetylenes is 1. The zero-order chi connectivity index (χ0) is 10.5. The molecule has 0 saturated heterocycles. The monoisotopic (exact) mass is 181 g/mol. The maximum absolute atomic E-state index is 11.3. The third-order valence-electron chi connectivity index (χ3n) is 1.92. The van der Waals surface area contributed by atoms with Crippen LogP contribution in [0.15, 0.2) is 0 Å². The first-order valence-corrected chi connectivity index (χ1v) is 4.07. The number of rotatable bonds is 4. The minimum atomic E-state index is -0.636. The molecule has 1 atom stereocenters. The second-order valence-electron chi connectivity index (χ2n) is 3.54. The van der Waals surface area contributed by atoms with Crippen LogP contribution < -0.4 is 0 Å². The highest BCUT2D eigenvalue weighted by molar-refractivity contribution is 5.77. The molecule has 13 heavy (non-hydrogen) atoms. The zero-order valence-electron chi connectivity index (χ0n) is 8.33. The van der Waals surface area contributed by atoms with Crippen LogP contribution in [0.3, 0.4) is 0 Å². The van der Waals surface area contributed by atoms with Gasteiger partial charge >= 0.3 is 0 Å². The van der Waals surface area contributed by atoms with Crippen molar-refractivity contribution in [3.8, 4) is 12.3 Å². The second-order valence-corrected chi connectivity index (χ2v) is 3.54. The first-order chi connectivity index (χ1) is 5.95. The van der Waals surface area contributed by atoms with Gasteiger partial charge in [0.05, 0.1) is 0 Å². The topological polar surface area (TPSA) is 37.4 Å². The van der Waals surface area contributed by atoms with Gasteiger partial charge in [-0.05, 0) is 6.92 Å². The standard InChI is InChI=1S/C10H15NO2/c1-5-10(2,6-7-12)8-9(13)11(3)4/h1,7H,6,8H2,2-4H3. The molecule has 0 aliphatic rings. The van der Waals surface area contributed by atoms with Gasteiger partial charge in [0, 0.05) is 32.4 Å². The highest BCUT2D eigenvalue weighted by atomic mass is 16.2. The average molecular weight is 181 g/mol. The molecule has 0 rings (SSSR count). The van der Waals surface area contributed by atoms with Crippen LogP contribution in [0.25, 0.3) is 0 Å². The molecule has 0 aromatic heterocycles. The van der Waals surface area contributed by atoms with Gasteiger partial charge in [0.15, 0.2) is 0 Å². The van der Waals surface area contributed by atoms with Gasteiger partial charge in [-0.2, -0.15) is 0 Å². The quantitative estimate of drug-likeness (QED) is 0.473. The number of carbonyl (C=O) groups excluding carboxylic acids is 2. The molecule has 0 aliphatic heterocycles. The van der Waals surface area contributed by atoms with Crippen LogP contribution >= 0.6 is 0 Å². The number of hydrogen-bond acceptors (Lipinski definition) is 2. The summed E-state index contributed by atoms with van der Waals surface area (Å²) in [5, 5.41) is 0. The van der Waals surface area contributed by atoms with Crippen molar-refractivity contribution in [3.63, 3.8) is 0 Å². The molecule has 0 spiro atoms. The molecule has 0 bridgehead atoms. The molecule has 1 amide bonds. The van der Waals surface area contributed by atoms with Crippen LogP contribution in [0, 0.1) is 17.8 Å². The molecular formula is C10H15NO2. The van der Waals surface area contributed by atoms with E-state index in [9.17, 15) is 9.59 Å². The number of carbonyl (C=O) groups is 2. The lowest BCUT2D eigenvalue weighted by Gasteiger charge is -2.22. The molecule has 0 saturated carbocycles. The van der Waals surface area contributed by atoms with Gasteiger partial charge in [0.25, 0.3) is 0 Å². The van der Waals surface area contributed by atoms with Crippen molar-refractivity contribution in [2.75, 3.05) is 14.1 Å². The van der Waals surface area contributed by atoms with E-state index in [0.29, 0.717) is 0 Å². The normalized spacial score (nSPS) is 14.0. The Hall–Kier alpha value is -1.30. The highest BCUT2D eigenvalue weighted by Crippen LogP contribution is 2.24. The molecular weight excluding hydrogens is 166 g/mol. The van der Waals surface area contributed by atoms with Crippen molar-refractivity contribution in [2.45, 2.75) is 19.8 Å². The van der Waals surface area contributed by atoms with Crippen molar-refractivity contribution in [1.82, 2.24) is 4.90 Å². The third-order valence-corrected chi connectivity index (χ3v) is 1.92. The summed E-state index contributed by atoms with van der Waals surface area (Å²) in [7, 11) is 3.33. The fourth-order valence-electron chi connectivity index (χ4n) is 0.858. The van der Waals surface area contributed by atoms with Gasteiger partial charge < -0.3 is 9.69 Å². The molecule has 0 aromatic carbocycles. The molecule has 0 aromatic rings. The fourth-order valence-corrected chi connectivity index (χ4v) is 0.858. The van der Waals surface area contributed by atoms with E-state index in [1.165, 1.54) is 4.90 Å². The summed E-state index contributed by atoms with van der Waals surface area (Å²) in [5.41, 5.74) is -0.636. The number of hydrogen-bond donors (Lipinski definition) is 0. The Balaban J connectivity index is 4.37. The smallest absolute Gasteiger partial charge is 0.223 e. The summed E-state index contributed by atoms with van der Waals surface area (Å²) in [4.78, 5) is 23.1. The van der Waals surface area contributed by atoms with Crippen LogP contribution in [0.5, 0.6) is 0 Å². The molecule has 0 heterocycles. The fraction of sp³-hybridized carbons (Fsp3) is 0.600. The molecule has 0 radical (unpaired) electrons. The van der Waals surface area contributed by atoms with Gasteiger partial charge in [-0.3, -0.25) is 4.79 Å². The Morgan fingerprint density at radius 3 is 2.46 bits per heavy atom. The van der Waals surface area contributed by atoms with Gasteiger partial charge in [0.2, 0.25) is 5.91 Å². The molecule has 72 valence electrons. The summed E-state index contributed by atoms with van der Waals surface area (Å²) < 4.78 is 0. The zero-order valence-corrected chi connectivity index (χ0v) is 8.33. The van der Waals surface area contributed by atoms with E-state index >= 15 is 0 Å². The minimum Gasteiger partial charge on any atom is -0.349 e. The Kier molecular flexibility index (Phi) is 4.19. The van der Waals surface area contributed by atoms with Crippen molar-refractivity contribution >= 4 is 12.2 Å². The summed E-state index contributed by atoms with van der Waals surface area (Å²) in [6, 6.07) is 0. The maximum Gasteiger partial charge on any atom is 0.223 e. The van der Waals surface area contributed by atoms with Crippen LogP contribution in [-0.2, 0) is 9.59 Å². The second kappa shape index (κ2) is 4.66. The van der Waals surface area contributed by atoms with Crippen molar-refractivity contribution < 1.29 is 9.59 Å². The summed E-state index contributed by atoms with van der Waals surface area (Å²) in [5.74, 6) is 2.43. The van der Waals surface area contributed by atoms with E-state index in [1.807, 2.05) is 0 Å². The van der Waals surface area contributed by atoms with Crippen LogP contribution in [0.4, 0.5) is 0 Å². The molecule has 1 unspecified atom stereocenters. The lowest BCUT2D eigenvalue weighted by atomic mass is 9.84. The molecule has 0 N–H and O–H groups in total. The van der Waals surface area contributed by atoms with E-state index in [1.54, 1.807) is 21.0 Å². The van der Waals surface area contributed by atoms with Gasteiger partial charge in [-0.15, -0.1) is 6.42 Å². The van der Waals surface area contributed by atoms with Crippen LogP contribution in [-0.4, -0.2) is 31.2 Å². The van der Waals surface area contributed by atoms with Crippen molar-refractivity contribution in [3.05, 3.63) is 0 Å². The predicted octanol–water partition coefficient (Wildman–Crippen LogP) is 0.693. The lowest BCUT2D eigenvalue weighted by Crippen LogP contribution is -2.28. The van der Waals surface area contributed by atoms with E-state index < -0.39 is 5.41 Å². The summed E-state index contributed by atoms with van der Waals surface area (Å²) >= 11 is 0. The number of aldehydes is 1. The van der Waals surface area contributed by atoms with Crippen molar-refractivity contribution in [2.24, 2.45) is 5.41 Å². The Bertz CT molecular complexity index is 240. The predicted molar refractivity (Wildman–Crippen MR) is 50.9 cm³/mol. The average Bonchev–Trinajstić information content (AvgIpc) is 2.04. The highest BCUT2D eigenvalue weighted by Gasteiger charge is 2.25. The maximum atomic E-state index is 11.3. The van der Waals surface area contributed by atoms with Gasteiger partial charge in [-0.1, -0.05) is 5.92 Å². The molecule has 0 aliphatic carbocycles. The lowest BCUT2D eigenvalue weighted by molar-refractivity contribution is -0.130. The Labute approximate surface area is 79.1 Å². The molecule has 0 fully saturated rings. The van der Waals surface area contributed by atoms with Gasteiger partial charge in [-0.25, -0.2) is 0 Å². The summed E-state index contributed by atoms with van der Waals surface area (Å²) in [6.45, 7) is 1.74. The summed E-state index contributed by atoms with van der Waals surface area (Å²) in [6.07, 6.45) is 6.46. The Morgan fingerprint density at radius 1 is 1.62 bits per heavy atom. The van der Waals surface area contributed by atoms with Crippen molar-refractivity contribution in [1.29, 1.82) is 0 Å². The van der Waals surface area contributed by atoms with Crippen LogP contribution in [0.1, 0.15) is 19.8 Å². The van der Waals surface area contributed by atoms with E-state index in [-0.39, 0.29) is 18.7 Å². The van der Waals surface area contributed by atoms with E-state index in [0.717, 1.165) is 6.29 Å². The van der Waals surface area contributed by atoms with Crippen LogP contribution in [0.2, 0.25) is 0 Å². The Morgan fingerprint density at radius 2 is 2.15 bits per heavy atom. The first-order valence-electron chi connectivity index (χ1n) is 4.07. The number of nitrogens with zero attached hydrogens (tertiary/aromatic N) is 1. The number of amides is 1. The minimum absolute atomic E-state index is 0.0534. The van der Waals surface area contributed by atoms with E-state index in [2.05, 4.69) is 5.92 Å². The largest absolute Gasteiger partial charge is 0.349 e. The van der Waals surface area contributed by atoms with E-state index in [4.69, 9.17) is 6.42 Å². The van der Waals surface area contributed by atoms with Gasteiger partial charge in [0.1, 0.15) is 6.29 Å².